The first-order valence-electron chi connectivity index (χ1n) is 7.60. The number of ether oxygens (including phenoxy) is 1. The first kappa shape index (κ1) is 16.1. The highest BCUT2D eigenvalue weighted by Gasteiger charge is 1.98. The molecule has 108 valence electrons. The van der Waals surface area contributed by atoms with Gasteiger partial charge in [0.15, 0.2) is 0 Å². The minimum absolute atomic E-state index is 0.633. The van der Waals surface area contributed by atoms with Crippen LogP contribution in [0.3, 0.4) is 0 Å². The Morgan fingerprint density at radius 2 is 1.89 bits per heavy atom. The Balaban J connectivity index is 2.20. The van der Waals surface area contributed by atoms with Crippen LogP contribution in [0.1, 0.15) is 57.3 Å². The maximum absolute atomic E-state index is 5.66. The molecule has 0 spiro atoms. The monoisotopic (exact) mass is 264 g/mol. The van der Waals surface area contributed by atoms with Crippen LogP contribution in [0, 0.1) is 0 Å². The van der Waals surface area contributed by atoms with Gasteiger partial charge in [-0.15, -0.1) is 0 Å². The van der Waals surface area contributed by atoms with Crippen molar-refractivity contribution in [2.75, 3.05) is 13.2 Å². The molecule has 0 unspecified atom stereocenters. The molecule has 0 atom stereocenters. The van der Waals surface area contributed by atoms with Crippen LogP contribution in [-0.4, -0.2) is 18.1 Å². The maximum Gasteiger partial charge on any atom is 0.0887 e. The molecule has 0 saturated heterocycles. The topological polar surface area (TPSA) is 34.1 Å². The highest BCUT2D eigenvalue weighted by atomic mass is 16.5. The Bertz CT molecular complexity index is 328. The van der Waals surface area contributed by atoms with Crippen molar-refractivity contribution in [1.29, 1.82) is 0 Å². The molecule has 3 nitrogen and oxygen atoms in total. The highest BCUT2D eigenvalue weighted by Crippen LogP contribution is 2.03. The molecule has 1 N–H and O–H groups in total. The minimum atomic E-state index is 0.633. The molecule has 1 heterocycles. The van der Waals surface area contributed by atoms with Gasteiger partial charge in [-0.05, 0) is 31.5 Å². The van der Waals surface area contributed by atoms with E-state index in [1.807, 2.05) is 6.07 Å². The molecule has 1 rings (SSSR count). The van der Waals surface area contributed by atoms with Crippen LogP contribution in [0.2, 0.25) is 0 Å². The van der Waals surface area contributed by atoms with Gasteiger partial charge in [-0.2, -0.15) is 0 Å². The summed E-state index contributed by atoms with van der Waals surface area (Å²) >= 11 is 0. The van der Waals surface area contributed by atoms with Crippen molar-refractivity contribution in [3.63, 3.8) is 0 Å². The summed E-state index contributed by atoms with van der Waals surface area (Å²) in [5, 5.41) is 3.37. The second-order valence-corrected chi connectivity index (χ2v) is 4.91. The van der Waals surface area contributed by atoms with Crippen molar-refractivity contribution in [2.45, 2.75) is 59.1 Å². The summed E-state index contributed by atoms with van der Waals surface area (Å²) in [5.41, 5.74) is 2.13. The third-order valence-electron chi connectivity index (χ3n) is 2.99. The van der Waals surface area contributed by atoms with Crippen molar-refractivity contribution in [3.05, 3.63) is 29.6 Å². The van der Waals surface area contributed by atoms with E-state index in [4.69, 9.17) is 4.74 Å². The van der Waals surface area contributed by atoms with Gasteiger partial charge in [0.2, 0.25) is 0 Å². The van der Waals surface area contributed by atoms with Gasteiger partial charge in [-0.1, -0.05) is 39.2 Å². The fourth-order valence-corrected chi connectivity index (χ4v) is 1.91. The molecule has 0 aromatic carbocycles. The number of aromatic nitrogens is 1. The van der Waals surface area contributed by atoms with E-state index in [-0.39, 0.29) is 0 Å². The Hall–Kier alpha value is -0.930. The summed E-state index contributed by atoms with van der Waals surface area (Å²) in [7, 11) is 0. The molecule has 0 bridgehead atoms. The number of nitrogens with one attached hydrogen (secondary N) is 1. The van der Waals surface area contributed by atoms with Crippen molar-refractivity contribution in [3.8, 4) is 0 Å². The largest absolute Gasteiger partial charge is 0.375 e. The second-order valence-electron chi connectivity index (χ2n) is 4.91. The van der Waals surface area contributed by atoms with Crippen molar-refractivity contribution >= 4 is 0 Å². The van der Waals surface area contributed by atoms with Gasteiger partial charge in [-0.25, -0.2) is 0 Å². The molecule has 0 aliphatic carbocycles. The molecule has 1 aromatic rings. The fourth-order valence-electron chi connectivity index (χ4n) is 1.91. The molecule has 0 saturated carbocycles. The van der Waals surface area contributed by atoms with E-state index < -0.39 is 0 Å². The van der Waals surface area contributed by atoms with Gasteiger partial charge in [0, 0.05) is 13.2 Å². The lowest BCUT2D eigenvalue weighted by Gasteiger charge is -2.06. The molecule has 0 radical (unpaired) electrons. The van der Waals surface area contributed by atoms with Gasteiger partial charge in [-0.3, -0.25) is 4.98 Å². The van der Waals surface area contributed by atoms with Crippen LogP contribution in [-0.2, 0) is 17.9 Å². The average Bonchev–Trinajstić information content (AvgIpc) is 2.43. The Kier molecular flexibility index (Phi) is 9.29. The van der Waals surface area contributed by atoms with Crippen LogP contribution in [0.25, 0.3) is 0 Å². The van der Waals surface area contributed by atoms with E-state index in [0.717, 1.165) is 43.9 Å². The quantitative estimate of drug-likeness (QED) is 0.619. The van der Waals surface area contributed by atoms with Crippen molar-refractivity contribution in [2.24, 2.45) is 0 Å². The lowest BCUT2D eigenvalue weighted by atomic mass is 10.2. The number of hydrogen-bond acceptors (Lipinski definition) is 3. The Morgan fingerprint density at radius 1 is 1.05 bits per heavy atom. The summed E-state index contributed by atoms with van der Waals surface area (Å²) in [4.78, 5) is 4.59. The first-order valence-corrected chi connectivity index (χ1v) is 7.60. The number of hydrogen-bond donors (Lipinski definition) is 1. The molecule has 3 heteroatoms. The third kappa shape index (κ3) is 7.96. The van der Waals surface area contributed by atoms with Crippen LogP contribution in [0.4, 0.5) is 0 Å². The molecule has 19 heavy (non-hydrogen) atoms. The predicted molar refractivity (Wildman–Crippen MR) is 80.0 cm³/mol. The average molecular weight is 264 g/mol. The van der Waals surface area contributed by atoms with E-state index in [2.05, 4.69) is 36.3 Å². The predicted octanol–water partition coefficient (Wildman–Crippen LogP) is 3.68. The number of rotatable bonds is 11. The van der Waals surface area contributed by atoms with Gasteiger partial charge >= 0.3 is 0 Å². The zero-order valence-corrected chi connectivity index (χ0v) is 12.5. The Labute approximate surface area is 117 Å². The molecule has 0 aliphatic heterocycles. The van der Waals surface area contributed by atoms with Crippen LogP contribution < -0.4 is 5.32 Å². The zero-order chi connectivity index (χ0) is 13.8. The number of nitrogens with zero attached hydrogens (tertiary/aromatic N) is 1. The van der Waals surface area contributed by atoms with Gasteiger partial charge < -0.3 is 10.1 Å². The first-order chi connectivity index (χ1) is 9.36. The number of pyridine rings is 1. The minimum Gasteiger partial charge on any atom is -0.375 e. The van der Waals surface area contributed by atoms with Crippen molar-refractivity contribution < 1.29 is 4.74 Å². The normalized spacial score (nSPS) is 10.8. The Morgan fingerprint density at radius 3 is 2.68 bits per heavy atom. The second kappa shape index (κ2) is 10.9. The fraction of sp³-hybridized carbons (Fsp3) is 0.688. The molecule has 0 aliphatic rings. The van der Waals surface area contributed by atoms with Crippen molar-refractivity contribution in [1.82, 2.24) is 10.3 Å². The summed E-state index contributed by atoms with van der Waals surface area (Å²) in [5.74, 6) is 0. The van der Waals surface area contributed by atoms with Crippen LogP contribution in [0.5, 0.6) is 0 Å². The highest BCUT2D eigenvalue weighted by molar-refractivity contribution is 5.10. The zero-order valence-electron chi connectivity index (χ0n) is 12.5. The third-order valence-corrected chi connectivity index (χ3v) is 2.99. The maximum atomic E-state index is 5.66. The summed E-state index contributed by atoms with van der Waals surface area (Å²) in [6.45, 7) is 7.76. The van der Waals surface area contributed by atoms with Crippen LogP contribution in [0.15, 0.2) is 18.2 Å². The van der Waals surface area contributed by atoms with E-state index >= 15 is 0 Å². The van der Waals surface area contributed by atoms with Gasteiger partial charge in [0.1, 0.15) is 0 Å². The van der Waals surface area contributed by atoms with E-state index in [1.165, 1.54) is 19.3 Å². The summed E-state index contributed by atoms with van der Waals surface area (Å²) < 4.78 is 5.66. The lowest BCUT2D eigenvalue weighted by Crippen LogP contribution is -2.15. The smallest absolute Gasteiger partial charge is 0.0887 e. The van der Waals surface area contributed by atoms with Gasteiger partial charge in [0.05, 0.1) is 18.0 Å². The van der Waals surface area contributed by atoms with E-state index in [0.29, 0.717) is 6.61 Å². The SMILES string of the molecule is CCCCCCOCc1cccc(CNCCC)n1. The molecular weight excluding hydrogens is 236 g/mol. The van der Waals surface area contributed by atoms with E-state index in [1.54, 1.807) is 0 Å². The number of unbranched alkanes of at least 4 members (excludes halogenated alkanes) is 3. The van der Waals surface area contributed by atoms with Crippen LogP contribution >= 0.6 is 0 Å². The molecule has 0 fully saturated rings. The molecule has 0 amide bonds. The molecular formula is C16H28N2O. The molecule has 1 aromatic heterocycles. The van der Waals surface area contributed by atoms with E-state index in [9.17, 15) is 0 Å². The summed E-state index contributed by atoms with van der Waals surface area (Å²) in [6, 6.07) is 6.16. The standard InChI is InChI=1S/C16H28N2O/c1-3-5-6-7-12-19-14-16-10-8-9-15(18-16)13-17-11-4-2/h8-10,17H,3-7,11-14H2,1-2H3. The summed E-state index contributed by atoms with van der Waals surface area (Å²) in [6.07, 6.45) is 6.16. The van der Waals surface area contributed by atoms with Gasteiger partial charge in [0.25, 0.3) is 0 Å². The lowest BCUT2D eigenvalue weighted by molar-refractivity contribution is 0.114.